The quantitative estimate of drug-likeness (QED) is 0.518. The molecular weight excluding hydrogens is 390 g/mol. The molecule has 3 rings (SSSR count). The van der Waals surface area contributed by atoms with Crippen molar-refractivity contribution in [1.29, 1.82) is 0 Å². The Bertz CT molecular complexity index is 1010. The Morgan fingerprint density at radius 1 is 1.30 bits per heavy atom. The van der Waals surface area contributed by atoms with Crippen LogP contribution in [0, 0.1) is 0 Å². The van der Waals surface area contributed by atoms with E-state index in [1.165, 1.54) is 6.20 Å². The number of nitrogens with one attached hydrogen (secondary N) is 3. The van der Waals surface area contributed by atoms with Crippen LogP contribution >= 0.6 is 11.6 Å². The van der Waals surface area contributed by atoms with Crippen LogP contribution in [0.1, 0.15) is 5.56 Å². The SMILES string of the molecule is C=C(NS(=O)[O-])c1cccc(Nc2nc(Nc3cnn(C)c3)ncc2Cl)c1. The zero-order chi connectivity index (χ0) is 19.4. The van der Waals surface area contributed by atoms with E-state index in [4.69, 9.17) is 11.6 Å². The first kappa shape index (κ1) is 18.8. The fourth-order valence-electron chi connectivity index (χ4n) is 2.21. The van der Waals surface area contributed by atoms with Crippen LogP contribution in [-0.2, 0) is 18.3 Å². The van der Waals surface area contributed by atoms with Crippen molar-refractivity contribution in [3.63, 3.8) is 0 Å². The molecule has 0 amide bonds. The van der Waals surface area contributed by atoms with E-state index >= 15 is 0 Å². The lowest BCUT2D eigenvalue weighted by atomic mass is 10.1. The highest BCUT2D eigenvalue weighted by atomic mass is 35.5. The number of nitrogens with zero attached hydrogens (tertiary/aromatic N) is 4. The zero-order valence-corrected chi connectivity index (χ0v) is 15.7. The third-order valence-corrected chi connectivity index (χ3v) is 4.08. The van der Waals surface area contributed by atoms with Crippen molar-refractivity contribution < 1.29 is 8.76 Å². The summed E-state index contributed by atoms with van der Waals surface area (Å²) in [6, 6.07) is 6.99. The lowest BCUT2D eigenvalue weighted by molar-refractivity contribution is 0.532. The van der Waals surface area contributed by atoms with Gasteiger partial charge in [-0.15, -0.1) is 0 Å². The van der Waals surface area contributed by atoms with Gasteiger partial charge in [0.25, 0.3) is 0 Å². The Morgan fingerprint density at radius 2 is 2.11 bits per heavy atom. The van der Waals surface area contributed by atoms with E-state index in [1.54, 1.807) is 48.4 Å². The summed E-state index contributed by atoms with van der Waals surface area (Å²) >= 11 is 3.74. The first-order valence-electron chi connectivity index (χ1n) is 7.61. The fraction of sp³-hybridized carbons (Fsp3) is 0.0625. The van der Waals surface area contributed by atoms with Crippen molar-refractivity contribution in [3.8, 4) is 0 Å². The molecule has 2 aromatic heterocycles. The molecule has 0 aliphatic carbocycles. The van der Waals surface area contributed by atoms with Gasteiger partial charge in [0.05, 0.1) is 18.1 Å². The van der Waals surface area contributed by atoms with E-state index < -0.39 is 11.3 Å². The topological polar surface area (TPSA) is 120 Å². The van der Waals surface area contributed by atoms with Gasteiger partial charge in [0.1, 0.15) is 5.02 Å². The Hall–Kier alpha value is -2.95. The molecule has 2 heterocycles. The molecule has 0 radical (unpaired) electrons. The van der Waals surface area contributed by atoms with E-state index in [0.29, 0.717) is 28.0 Å². The maximum absolute atomic E-state index is 10.8. The van der Waals surface area contributed by atoms with Crippen LogP contribution in [-0.4, -0.2) is 28.5 Å². The minimum atomic E-state index is -2.44. The van der Waals surface area contributed by atoms with Crippen LogP contribution in [0.15, 0.2) is 49.4 Å². The normalized spacial score (nSPS) is 11.7. The zero-order valence-electron chi connectivity index (χ0n) is 14.1. The first-order chi connectivity index (χ1) is 12.9. The third-order valence-electron chi connectivity index (χ3n) is 3.39. The molecule has 9 nitrogen and oxygen atoms in total. The van der Waals surface area contributed by atoms with Crippen molar-refractivity contribution in [2.24, 2.45) is 7.05 Å². The highest BCUT2D eigenvalue weighted by molar-refractivity contribution is 7.77. The van der Waals surface area contributed by atoms with Crippen LogP contribution in [0.2, 0.25) is 5.02 Å². The molecule has 0 fully saturated rings. The van der Waals surface area contributed by atoms with Gasteiger partial charge in [0.2, 0.25) is 5.95 Å². The number of aryl methyl sites for hydroxylation is 1. The number of hydrogen-bond acceptors (Lipinski definition) is 7. The number of benzene rings is 1. The summed E-state index contributed by atoms with van der Waals surface area (Å²) in [4.78, 5) is 8.50. The van der Waals surface area contributed by atoms with Gasteiger partial charge in [0, 0.05) is 35.9 Å². The molecule has 0 saturated carbocycles. The molecule has 1 unspecified atom stereocenters. The van der Waals surface area contributed by atoms with Crippen LogP contribution in [0.5, 0.6) is 0 Å². The average molecular weight is 405 g/mol. The molecule has 0 aliphatic heterocycles. The molecule has 1 atom stereocenters. The Balaban J connectivity index is 1.79. The van der Waals surface area contributed by atoms with E-state index in [2.05, 4.69) is 37.0 Å². The number of anilines is 4. The molecule has 1 aromatic carbocycles. The minimum Gasteiger partial charge on any atom is -0.755 e. The van der Waals surface area contributed by atoms with Crippen LogP contribution in [0.25, 0.3) is 5.70 Å². The molecule has 0 bridgehead atoms. The van der Waals surface area contributed by atoms with Crippen LogP contribution < -0.4 is 15.4 Å². The van der Waals surface area contributed by atoms with E-state index in [0.717, 1.165) is 5.69 Å². The molecule has 11 heteroatoms. The van der Waals surface area contributed by atoms with E-state index in [-0.39, 0.29) is 5.70 Å². The predicted molar refractivity (Wildman–Crippen MR) is 104 cm³/mol. The van der Waals surface area contributed by atoms with Crippen molar-refractivity contribution in [2.45, 2.75) is 0 Å². The predicted octanol–water partition coefficient (Wildman–Crippen LogP) is 2.71. The number of aromatic nitrogens is 4. The minimum absolute atomic E-state index is 0.250. The second-order valence-corrected chi connectivity index (χ2v) is 6.52. The number of rotatable bonds is 7. The first-order valence-corrected chi connectivity index (χ1v) is 9.06. The summed E-state index contributed by atoms with van der Waals surface area (Å²) in [5.41, 5.74) is 2.24. The smallest absolute Gasteiger partial charge is 0.229 e. The average Bonchev–Trinajstić information content (AvgIpc) is 3.02. The lowest BCUT2D eigenvalue weighted by Crippen LogP contribution is -2.13. The molecule has 0 saturated heterocycles. The standard InChI is InChI=1S/C16H16ClN7O2S/c1-10(23-27(25)26)11-4-3-5-12(6-11)20-15-14(17)8-18-16(22-15)21-13-7-19-24(2)9-13/h3-9,23H,1H2,2H3,(H,25,26)(H2,18,20,21,22)/p-1. The maximum atomic E-state index is 10.8. The lowest BCUT2D eigenvalue weighted by Gasteiger charge is -2.13. The fourth-order valence-corrected chi connectivity index (χ4v) is 2.67. The molecule has 27 heavy (non-hydrogen) atoms. The van der Waals surface area contributed by atoms with Gasteiger partial charge in [-0.25, -0.2) is 4.98 Å². The third kappa shape index (κ3) is 5.03. The van der Waals surface area contributed by atoms with Gasteiger partial charge in [-0.05, 0) is 17.7 Å². The summed E-state index contributed by atoms with van der Waals surface area (Å²) in [5.74, 6) is 0.736. The summed E-state index contributed by atoms with van der Waals surface area (Å²) in [6.45, 7) is 3.69. The van der Waals surface area contributed by atoms with Crippen molar-refractivity contribution in [1.82, 2.24) is 24.5 Å². The maximum Gasteiger partial charge on any atom is 0.229 e. The van der Waals surface area contributed by atoms with Crippen molar-refractivity contribution in [2.75, 3.05) is 10.6 Å². The van der Waals surface area contributed by atoms with Crippen molar-refractivity contribution in [3.05, 3.63) is 60.0 Å². The Morgan fingerprint density at radius 3 is 2.81 bits per heavy atom. The molecular formula is C16H15ClN7O2S-. The Kier molecular flexibility index (Phi) is 5.69. The highest BCUT2D eigenvalue weighted by Gasteiger charge is 2.08. The monoisotopic (exact) mass is 404 g/mol. The largest absolute Gasteiger partial charge is 0.755 e. The number of hydrogen-bond donors (Lipinski definition) is 3. The molecule has 0 aliphatic rings. The molecule has 3 aromatic rings. The van der Waals surface area contributed by atoms with E-state index in [1.807, 2.05) is 0 Å². The summed E-state index contributed by atoms with van der Waals surface area (Å²) in [6.07, 6.45) is 4.90. The highest BCUT2D eigenvalue weighted by Crippen LogP contribution is 2.26. The van der Waals surface area contributed by atoms with Gasteiger partial charge in [-0.1, -0.05) is 30.3 Å². The van der Waals surface area contributed by atoms with Gasteiger partial charge < -0.3 is 19.9 Å². The summed E-state index contributed by atoms with van der Waals surface area (Å²) in [7, 11) is 1.80. The van der Waals surface area contributed by atoms with Gasteiger partial charge in [0.15, 0.2) is 5.82 Å². The van der Waals surface area contributed by atoms with Crippen LogP contribution in [0.4, 0.5) is 23.1 Å². The van der Waals surface area contributed by atoms with E-state index in [9.17, 15) is 8.76 Å². The van der Waals surface area contributed by atoms with Gasteiger partial charge in [-0.2, -0.15) is 10.1 Å². The number of halogens is 1. The molecule has 3 N–H and O–H groups in total. The summed E-state index contributed by atoms with van der Waals surface area (Å²) < 4.78 is 25.4. The van der Waals surface area contributed by atoms with Gasteiger partial charge in [-0.3, -0.25) is 8.89 Å². The molecule has 140 valence electrons. The second kappa shape index (κ2) is 8.16. The van der Waals surface area contributed by atoms with Crippen LogP contribution in [0.3, 0.4) is 0 Å². The summed E-state index contributed by atoms with van der Waals surface area (Å²) in [5, 5.41) is 10.5. The Labute approximate surface area is 162 Å². The molecule has 0 spiro atoms. The second-order valence-electron chi connectivity index (χ2n) is 5.44. The van der Waals surface area contributed by atoms with Gasteiger partial charge >= 0.3 is 0 Å². The van der Waals surface area contributed by atoms with Crippen molar-refractivity contribution >= 4 is 51.7 Å².